The fourth-order valence-electron chi connectivity index (χ4n) is 1.99. The summed E-state index contributed by atoms with van der Waals surface area (Å²) in [6.45, 7) is 0. The lowest BCUT2D eigenvalue weighted by molar-refractivity contribution is -0.139. The predicted molar refractivity (Wildman–Crippen MR) is 105 cm³/mol. The molecular formula is C21H19BrO4. The molecule has 2 aromatic rings. The van der Waals surface area contributed by atoms with Gasteiger partial charge in [-0.1, -0.05) is 76.6 Å². The Balaban J connectivity index is 1.67. The minimum absolute atomic E-state index is 0.104. The van der Waals surface area contributed by atoms with E-state index in [1.807, 2.05) is 60.7 Å². The lowest BCUT2D eigenvalue weighted by atomic mass is 10.2. The van der Waals surface area contributed by atoms with E-state index in [2.05, 4.69) is 15.9 Å². The Bertz CT molecular complexity index is 754. The van der Waals surface area contributed by atoms with Gasteiger partial charge in [-0.3, -0.25) is 9.59 Å². The summed E-state index contributed by atoms with van der Waals surface area (Å²) in [5.74, 6) is -0.862. The number of hydrogen-bond acceptors (Lipinski definition) is 4. The molecule has 134 valence electrons. The minimum atomic E-state index is -0.575. The lowest BCUT2D eigenvalue weighted by Crippen LogP contribution is -2.16. The fraction of sp³-hybridized carbons (Fsp3) is 0.143. The maximum atomic E-state index is 11.9. The number of carbonyl (C=O) groups is 2. The molecule has 0 heterocycles. The zero-order valence-electron chi connectivity index (χ0n) is 14.1. The van der Waals surface area contributed by atoms with Gasteiger partial charge in [0, 0.05) is 6.42 Å². The first kappa shape index (κ1) is 19.7. The molecule has 0 aromatic heterocycles. The molecule has 0 aliphatic carbocycles. The Kier molecular flexibility index (Phi) is 8.36. The normalized spacial score (nSPS) is 12.2. The van der Waals surface area contributed by atoms with Crippen LogP contribution in [0.25, 0.3) is 12.2 Å². The standard InChI is InChI=1S/C21H19BrO4/c22-19(21(24)26-16-14-18-9-5-2-6-10-18)11-12-20(23)25-15-13-17-7-3-1-4-8-17/h1-10,13-16,19H,11-12H2. The van der Waals surface area contributed by atoms with Crippen LogP contribution < -0.4 is 0 Å². The Morgan fingerprint density at radius 2 is 1.35 bits per heavy atom. The highest BCUT2D eigenvalue weighted by molar-refractivity contribution is 9.10. The SMILES string of the molecule is O=C(CCC(Br)C(=O)OC=Cc1ccccc1)OC=Cc1ccccc1. The van der Waals surface area contributed by atoms with Crippen LogP contribution in [0, 0.1) is 0 Å². The van der Waals surface area contributed by atoms with Crippen molar-refractivity contribution in [3.63, 3.8) is 0 Å². The van der Waals surface area contributed by atoms with Crippen molar-refractivity contribution in [1.29, 1.82) is 0 Å². The van der Waals surface area contributed by atoms with Gasteiger partial charge in [-0.05, 0) is 29.7 Å². The highest BCUT2D eigenvalue weighted by atomic mass is 79.9. The number of benzene rings is 2. The monoisotopic (exact) mass is 414 g/mol. The molecule has 4 nitrogen and oxygen atoms in total. The molecule has 1 atom stereocenters. The molecule has 0 radical (unpaired) electrons. The highest BCUT2D eigenvalue weighted by Gasteiger charge is 2.17. The maximum Gasteiger partial charge on any atom is 0.324 e. The predicted octanol–water partition coefficient (Wildman–Crippen LogP) is 4.96. The van der Waals surface area contributed by atoms with Crippen LogP contribution in [-0.4, -0.2) is 16.8 Å². The van der Waals surface area contributed by atoms with Crippen molar-refractivity contribution >= 4 is 40.0 Å². The summed E-state index contributed by atoms with van der Waals surface area (Å²) in [5.41, 5.74) is 1.87. The number of halogens is 1. The van der Waals surface area contributed by atoms with Crippen molar-refractivity contribution in [2.24, 2.45) is 0 Å². The largest absolute Gasteiger partial charge is 0.434 e. The van der Waals surface area contributed by atoms with Crippen LogP contribution in [0.4, 0.5) is 0 Å². The van der Waals surface area contributed by atoms with Gasteiger partial charge in [0.05, 0.1) is 12.5 Å². The molecule has 0 saturated carbocycles. The molecule has 2 aromatic carbocycles. The summed E-state index contributed by atoms with van der Waals surface area (Å²) in [5, 5.41) is 0. The van der Waals surface area contributed by atoms with Gasteiger partial charge in [0.25, 0.3) is 0 Å². The third-order valence-corrected chi connectivity index (χ3v) is 4.19. The van der Waals surface area contributed by atoms with Crippen LogP contribution in [0.3, 0.4) is 0 Å². The maximum absolute atomic E-state index is 11.9. The number of hydrogen-bond donors (Lipinski definition) is 0. The average Bonchev–Trinajstić information content (AvgIpc) is 2.67. The van der Waals surface area contributed by atoms with Crippen LogP contribution in [0.5, 0.6) is 0 Å². The number of carbonyl (C=O) groups excluding carboxylic acids is 2. The van der Waals surface area contributed by atoms with Gasteiger partial charge in [-0.15, -0.1) is 0 Å². The average molecular weight is 415 g/mol. The van der Waals surface area contributed by atoms with E-state index >= 15 is 0 Å². The molecule has 0 aliphatic rings. The second kappa shape index (κ2) is 11.1. The summed E-state index contributed by atoms with van der Waals surface area (Å²) in [6.07, 6.45) is 6.48. The summed E-state index contributed by atoms with van der Waals surface area (Å²) in [7, 11) is 0. The van der Waals surface area contributed by atoms with Crippen LogP contribution in [0.2, 0.25) is 0 Å². The number of ether oxygens (including phenoxy) is 2. The molecule has 0 amide bonds. The summed E-state index contributed by atoms with van der Waals surface area (Å²) in [6, 6.07) is 19.0. The molecule has 0 fully saturated rings. The summed E-state index contributed by atoms with van der Waals surface area (Å²) >= 11 is 3.23. The van der Waals surface area contributed by atoms with Gasteiger partial charge in [-0.2, -0.15) is 0 Å². The Morgan fingerprint density at radius 1 is 0.846 bits per heavy atom. The Morgan fingerprint density at radius 3 is 1.88 bits per heavy atom. The second-order valence-electron chi connectivity index (χ2n) is 5.36. The number of alkyl halides is 1. The first-order valence-corrected chi connectivity index (χ1v) is 9.04. The van der Waals surface area contributed by atoms with Crippen LogP contribution in [0.15, 0.2) is 73.2 Å². The van der Waals surface area contributed by atoms with E-state index in [0.29, 0.717) is 0 Å². The fourth-order valence-corrected chi connectivity index (χ4v) is 2.33. The van der Waals surface area contributed by atoms with Crippen molar-refractivity contribution in [3.05, 3.63) is 84.3 Å². The first-order valence-electron chi connectivity index (χ1n) is 8.12. The molecule has 0 N–H and O–H groups in total. The molecular weight excluding hydrogens is 396 g/mol. The molecule has 5 heteroatoms. The van der Waals surface area contributed by atoms with E-state index < -0.39 is 16.8 Å². The molecule has 0 spiro atoms. The molecule has 0 aliphatic heterocycles. The topological polar surface area (TPSA) is 52.6 Å². The molecule has 2 rings (SSSR count). The molecule has 0 saturated heterocycles. The van der Waals surface area contributed by atoms with Crippen LogP contribution in [0.1, 0.15) is 24.0 Å². The van der Waals surface area contributed by atoms with Gasteiger partial charge in [0.2, 0.25) is 0 Å². The molecule has 1 unspecified atom stereocenters. The van der Waals surface area contributed by atoms with Crippen molar-refractivity contribution < 1.29 is 19.1 Å². The second-order valence-corrected chi connectivity index (χ2v) is 6.47. The summed E-state index contributed by atoms with van der Waals surface area (Å²) < 4.78 is 10.1. The number of rotatable bonds is 8. The van der Waals surface area contributed by atoms with E-state index in [1.165, 1.54) is 12.5 Å². The van der Waals surface area contributed by atoms with Crippen molar-refractivity contribution in [2.45, 2.75) is 17.7 Å². The Labute approximate surface area is 161 Å². The molecule has 0 bridgehead atoms. The highest BCUT2D eigenvalue weighted by Crippen LogP contribution is 2.12. The smallest absolute Gasteiger partial charge is 0.324 e. The lowest BCUT2D eigenvalue weighted by Gasteiger charge is -2.06. The summed E-state index contributed by atoms with van der Waals surface area (Å²) in [4.78, 5) is 23.0. The third kappa shape index (κ3) is 7.49. The van der Waals surface area contributed by atoms with E-state index in [4.69, 9.17) is 9.47 Å². The van der Waals surface area contributed by atoms with Gasteiger partial charge < -0.3 is 9.47 Å². The third-order valence-electron chi connectivity index (χ3n) is 3.36. The van der Waals surface area contributed by atoms with Gasteiger partial charge in [0.15, 0.2) is 0 Å². The quantitative estimate of drug-likeness (QED) is 0.348. The van der Waals surface area contributed by atoms with Crippen LogP contribution >= 0.6 is 15.9 Å². The van der Waals surface area contributed by atoms with Crippen molar-refractivity contribution in [1.82, 2.24) is 0 Å². The van der Waals surface area contributed by atoms with E-state index in [1.54, 1.807) is 12.2 Å². The Hall–Kier alpha value is -2.66. The minimum Gasteiger partial charge on any atom is -0.434 e. The van der Waals surface area contributed by atoms with Gasteiger partial charge >= 0.3 is 11.9 Å². The van der Waals surface area contributed by atoms with E-state index in [9.17, 15) is 9.59 Å². The van der Waals surface area contributed by atoms with E-state index in [-0.39, 0.29) is 12.8 Å². The van der Waals surface area contributed by atoms with Gasteiger partial charge in [0.1, 0.15) is 4.83 Å². The zero-order chi connectivity index (χ0) is 18.6. The van der Waals surface area contributed by atoms with E-state index in [0.717, 1.165) is 11.1 Å². The van der Waals surface area contributed by atoms with Gasteiger partial charge in [-0.25, -0.2) is 0 Å². The number of esters is 2. The molecule has 26 heavy (non-hydrogen) atoms. The first-order chi connectivity index (χ1) is 12.6. The van der Waals surface area contributed by atoms with Crippen molar-refractivity contribution in [3.8, 4) is 0 Å². The zero-order valence-corrected chi connectivity index (χ0v) is 15.7. The van der Waals surface area contributed by atoms with Crippen molar-refractivity contribution in [2.75, 3.05) is 0 Å². The van der Waals surface area contributed by atoms with Crippen LogP contribution in [-0.2, 0) is 19.1 Å².